The number of aromatic nitrogens is 1. The highest BCUT2D eigenvalue weighted by molar-refractivity contribution is 5.75. The lowest BCUT2D eigenvalue weighted by Crippen LogP contribution is -2.20. The van der Waals surface area contributed by atoms with Crippen LogP contribution in [0.4, 0.5) is 5.69 Å². The summed E-state index contributed by atoms with van der Waals surface area (Å²) >= 11 is 0. The molecule has 4 nitrogen and oxygen atoms in total. The van der Waals surface area contributed by atoms with Crippen LogP contribution < -0.4 is 10.2 Å². The van der Waals surface area contributed by atoms with Crippen molar-refractivity contribution in [3.8, 4) is 0 Å². The smallest absolute Gasteiger partial charge is 0.214 e. The SMILES string of the molecule is CNCC/C=C/c1cncc(N(C=O)Cc2ccccc2)c1. The zero-order valence-corrected chi connectivity index (χ0v) is 12.8. The fraction of sp³-hybridized carbons (Fsp3) is 0.222. The van der Waals surface area contributed by atoms with E-state index in [0.29, 0.717) is 6.54 Å². The zero-order valence-electron chi connectivity index (χ0n) is 12.8. The molecule has 0 saturated carbocycles. The molecule has 1 aromatic carbocycles. The Bertz CT molecular complexity index is 611. The van der Waals surface area contributed by atoms with E-state index in [1.165, 1.54) is 0 Å². The molecule has 0 bridgehead atoms. The van der Waals surface area contributed by atoms with E-state index in [1.807, 2.05) is 49.5 Å². The van der Waals surface area contributed by atoms with Crippen molar-refractivity contribution >= 4 is 18.2 Å². The summed E-state index contributed by atoms with van der Waals surface area (Å²) in [6.07, 6.45) is 9.44. The van der Waals surface area contributed by atoms with Gasteiger partial charge in [-0.25, -0.2) is 0 Å². The molecule has 22 heavy (non-hydrogen) atoms. The van der Waals surface area contributed by atoms with Crippen molar-refractivity contribution in [2.75, 3.05) is 18.5 Å². The van der Waals surface area contributed by atoms with Gasteiger partial charge in [-0.3, -0.25) is 9.78 Å². The number of amides is 1. The third kappa shape index (κ3) is 4.82. The highest BCUT2D eigenvalue weighted by atomic mass is 16.1. The van der Waals surface area contributed by atoms with Crippen LogP contribution in [0.5, 0.6) is 0 Å². The molecule has 0 atom stereocenters. The average molecular weight is 295 g/mol. The standard InChI is InChI=1S/C18H21N3O/c1-19-10-6-5-9-17-11-18(13-20-12-17)21(15-22)14-16-7-3-2-4-8-16/h2-5,7-9,11-13,15,19H,6,10,14H2,1H3/b9-5+. The number of nitrogens with one attached hydrogen (secondary N) is 1. The van der Waals surface area contributed by atoms with Crippen LogP contribution in [0.3, 0.4) is 0 Å². The van der Waals surface area contributed by atoms with Gasteiger partial charge < -0.3 is 10.2 Å². The van der Waals surface area contributed by atoms with Crippen LogP contribution >= 0.6 is 0 Å². The Morgan fingerprint density at radius 2 is 2.05 bits per heavy atom. The monoisotopic (exact) mass is 295 g/mol. The fourth-order valence-corrected chi connectivity index (χ4v) is 2.11. The molecule has 0 spiro atoms. The number of hydrogen-bond donors (Lipinski definition) is 1. The average Bonchev–Trinajstić information content (AvgIpc) is 2.58. The van der Waals surface area contributed by atoms with Crippen LogP contribution in [-0.2, 0) is 11.3 Å². The fourth-order valence-electron chi connectivity index (χ4n) is 2.11. The summed E-state index contributed by atoms with van der Waals surface area (Å²) in [5.41, 5.74) is 2.88. The first-order valence-corrected chi connectivity index (χ1v) is 7.35. The predicted molar refractivity (Wildman–Crippen MR) is 90.5 cm³/mol. The minimum atomic E-state index is 0.541. The Morgan fingerprint density at radius 1 is 1.23 bits per heavy atom. The van der Waals surface area contributed by atoms with Crippen LogP contribution in [0.1, 0.15) is 17.5 Å². The van der Waals surface area contributed by atoms with Gasteiger partial charge in [0.15, 0.2) is 0 Å². The van der Waals surface area contributed by atoms with E-state index in [0.717, 1.165) is 36.2 Å². The van der Waals surface area contributed by atoms with E-state index >= 15 is 0 Å². The Balaban J connectivity index is 2.09. The normalized spacial score (nSPS) is 10.8. The Labute approximate surface area is 131 Å². The quantitative estimate of drug-likeness (QED) is 0.601. The third-order valence-electron chi connectivity index (χ3n) is 3.27. The van der Waals surface area contributed by atoms with Crippen molar-refractivity contribution < 1.29 is 4.79 Å². The first kappa shape index (κ1) is 15.9. The summed E-state index contributed by atoms with van der Waals surface area (Å²) in [5, 5.41) is 3.10. The molecule has 0 aliphatic rings. The summed E-state index contributed by atoms with van der Waals surface area (Å²) < 4.78 is 0. The topological polar surface area (TPSA) is 45.2 Å². The molecule has 0 aliphatic heterocycles. The van der Waals surface area contributed by atoms with Crippen molar-refractivity contribution in [3.05, 3.63) is 66.0 Å². The van der Waals surface area contributed by atoms with Gasteiger partial charge in [-0.1, -0.05) is 42.5 Å². The van der Waals surface area contributed by atoms with Gasteiger partial charge in [-0.2, -0.15) is 0 Å². The molecule has 1 heterocycles. The third-order valence-corrected chi connectivity index (χ3v) is 3.27. The number of carbonyl (C=O) groups is 1. The van der Waals surface area contributed by atoms with E-state index in [1.54, 1.807) is 17.3 Å². The van der Waals surface area contributed by atoms with Crippen LogP contribution in [-0.4, -0.2) is 25.0 Å². The number of pyridine rings is 1. The lowest BCUT2D eigenvalue weighted by Gasteiger charge is -2.17. The lowest BCUT2D eigenvalue weighted by atomic mass is 10.2. The molecule has 0 saturated heterocycles. The van der Waals surface area contributed by atoms with Gasteiger partial charge in [0.1, 0.15) is 0 Å². The summed E-state index contributed by atoms with van der Waals surface area (Å²) in [4.78, 5) is 17.3. The molecular formula is C18H21N3O. The summed E-state index contributed by atoms with van der Waals surface area (Å²) in [5.74, 6) is 0. The second kappa shape index (κ2) is 8.74. The Kier molecular flexibility index (Phi) is 6.33. The van der Waals surface area contributed by atoms with Crippen molar-refractivity contribution in [3.63, 3.8) is 0 Å². The number of carbonyl (C=O) groups excluding carboxylic acids is 1. The minimum Gasteiger partial charge on any atom is -0.319 e. The summed E-state index contributed by atoms with van der Waals surface area (Å²) in [6, 6.07) is 11.9. The van der Waals surface area contributed by atoms with Gasteiger partial charge in [0.2, 0.25) is 6.41 Å². The summed E-state index contributed by atoms with van der Waals surface area (Å²) in [6.45, 7) is 1.48. The maximum Gasteiger partial charge on any atom is 0.214 e. The van der Waals surface area contributed by atoms with Crippen molar-refractivity contribution in [1.29, 1.82) is 0 Å². The number of anilines is 1. The van der Waals surface area contributed by atoms with Crippen molar-refractivity contribution in [2.45, 2.75) is 13.0 Å². The van der Waals surface area contributed by atoms with Crippen molar-refractivity contribution in [2.24, 2.45) is 0 Å². The maximum absolute atomic E-state index is 11.4. The number of benzene rings is 1. The molecule has 2 rings (SSSR count). The molecule has 0 radical (unpaired) electrons. The molecule has 0 fully saturated rings. The second-order valence-electron chi connectivity index (χ2n) is 4.99. The Morgan fingerprint density at radius 3 is 2.77 bits per heavy atom. The largest absolute Gasteiger partial charge is 0.319 e. The molecule has 1 aromatic heterocycles. The van der Waals surface area contributed by atoms with Crippen LogP contribution in [0, 0.1) is 0 Å². The van der Waals surface area contributed by atoms with Gasteiger partial charge >= 0.3 is 0 Å². The molecule has 0 unspecified atom stereocenters. The van der Waals surface area contributed by atoms with Gasteiger partial charge in [-0.05, 0) is 37.2 Å². The molecule has 1 amide bonds. The molecule has 4 heteroatoms. The predicted octanol–water partition coefficient (Wildman–Crippen LogP) is 2.87. The van der Waals surface area contributed by atoms with E-state index in [9.17, 15) is 4.79 Å². The molecule has 2 aromatic rings. The van der Waals surface area contributed by atoms with Crippen LogP contribution in [0.15, 0.2) is 54.9 Å². The number of rotatable bonds is 8. The highest BCUT2D eigenvalue weighted by Gasteiger charge is 2.06. The van der Waals surface area contributed by atoms with E-state index in [4.69, 9.17) is 0 Å². The number of hydrogen-bond acceptors (Lipinski definition) is 3. The molecular weight excluding hydrogens is 274 g/mol. The maximum atomic E-state index is 11.4. The summed E-state index contributed by atoms with van der Waals surface area (Å²) in [7, 11) is 1.93. The van der Waals surface area contributed by atoms with E-state index < -0.39 is 0 Å². The van der Waals surface area contributed by atoms with Crippen molar-refractivity contribution in [1.82, 2.24) is 10.3 Å². The molecule has 114 valence electrons. The first-order valence-electron chi connectivity index (χ1n) is 7.35. The van der Waals surface area contributed by atoms with Gasteiger partial charge in [0.05, 0.1) is 18.4 Å². The van der Waals surface area contributed by atoms with Gasteiger partial charge in [-0.15, -0.1) is 0 Å². The lowest BCUT2D eigenvalue weighted by molar-refractivity contribution is -0.107. The van der Waals surface area contributed by atoms with E-state index in [2.05, 4.69) is 16.4 Å². The number of nitrogens with zero attached hydrogens (tertiary/aromatic N) is 2. The minimum absolute atomic E-state index is 0.541. The Hall–Kier alpha value is -2.46. The molecule has 1 N–H and O–H groups in total. The van der Waals surface area contributed by atoms with Gasteiger partial charge in [0, 0.05) is 6.20 Å². The first-order chi connectivity index (χ1) is 10.8. The van der Waals surface area contributed by atoms with Crippen LogP contribution in [0.2, 0.25) is 0 Å². The zero-order chi connectivity index (χ0) is 15.6. The second-order valence-corrected chi connectivity index (χ2v) is 4.99. The van der Waals surface area contributed by atoms with Gasteiger partial charge in [0.25, 0.3) is 0 Å². The van der Waals surface area contributed by atoms with E-state index in [-0.39, 0.29) is 0 Å². The van der Waals surface area contributed by atoms with Crippen LogP contribution in [0.25, 0.3) is 6.08 Å². The molecule has 0 aliphatic carbocycles. The highest BCUT2D eigenvalue weighted by Crippen LogP contribution is 2.17.